The van der Waals surface area contributed by atoms with Crippen LogP contribution in [0.5, 0.6) is 5.75 Å². The van der Waals surface area contributed by atoms with Crippen molar-refractivity contribution < 1.29 is 5.11 Å². The predicted molar refractivity (Wildman–Crippen MR) is 69.4 cm³/mol. The summed E-state index contributed by atoms with van der Waals surface area (Å²) < 4.78 is 0. The predicted octanol–water partition coefficient (Wildman–Crippen LogP) is 3.36. The van der Waals surface area contributed by atoms with Gasteiger partial charge in [0, 0.05) is 18.9 Å². The fourth-order valence-corrected chi connectivity index (χ4v) is 1.72. The second-order valence-corrected chi connectivity index (χ2v) is 4.30. The minimum Gasteiger partial charge on any atom is -0.506 e. The first kappa shape index (κ1) is 11.7. The normalized spacial score (nSPS) is 10.2. The molecule has 0 saturated heterocycles. The summed E-state index contributed by atoms with van der Waals surface area (Å²) in [6.45, 7) is 2.64. The number of halogens is 1. The quantitative estimate of drug-likeness (QED) is 0.876. The van der Waals surface area contributed by atoms with E-state index in [4.69, 9.17) is 11.6 Å². The lowest BCUT2D eigenvalue weighted by Gasteiger charge is -2.07. The van der Waals surface area contributed by atoms with Crippen LogP contribution in [0.25, 0.3) is 0 Å². The molecule has 0 aliphatic rings. The van der Waals surface area contributed by atoms with Crippen molar-refractivity contribution in [2.45, 2.75) is 13.5 Å². The van der Waals surface area contributed by atoms with E-state index in [1.165, 1.54) is 0 Å². The molecular weight excluding hydrogens is 236 g/mol. The highest BCUT2D eigenvalue weighted by Gasteiger charge is 2.00. The number of aromatic nitrogens is 1. The Bertz CT molecular complexity index is 529. The van der Waals surface area contributed by atoms with Crippen molar-refractivity contribution in [2.75, 3.05) is 5.32 Å². The molecule has 17 heavy (non-hydrogen) atoms. The standard InChI is InChI=1S/C13H13ClN2O/c1-9-4-11(8-15-6-9)16-7-10-2-3-13(17)12(14)5-10/h2-6,8,16-17H,7H2,1H3. The Morgan fingerprint density at radius 3 is 2.82 bits per heavy atom. The average molecular weight is 249 g/mol. The largest absolute Gasteiger partial charge is 0.506 e. The Labute approximate surface area is 105 Å². The lowest BCUT2D eigenvalue weighted by Crippen LogP contribution is -1.99. The monoisotopic (exact) mass is 248 g/mol. The van der Waals surface area contributed by atoms with Crippen LogP contribution in [0.15, 0.2) is 36.7 Å². The average Bonchev–Trinajstić information content (AvgIpc) is 2.31. The van der Waals surface area contributed by atoms with Gasteiger partial charge in [-0.2, -0.15) is 0 Å². The number of hydrogen-bond acceptors (Lipinski definition) is 3. The number of pyridine rings is 1. The van der Waals surface area contributed by atoms with Crippen LogP contribution in [-0.4, -0.2) is 10.1 Å². The van der Waals surface area contributed by atoms with Gasteiger partial charge in [-0.3, -0.25) is 4.98 Å². The molecule has 0 fully saturated rings. The van der Waals surface area contributed by atoms with Crippen molar-refractivity contribution in [2.24, 2.45) is 0 Å². The zero-order valence-corrected chi connectivity index (χ0v) is 10.2. The van der Waals surface area contributed by atoms with Gasteiger partial charge in [-0.25, -0.2) is 0 Å². The molecule has 0 atom stereocenters. The third-order valence-electron chi connectivity index (χ3n) is 2.38. The second kappa shape index (κ2) is 5.06. The van der Waals surface area contributed by atoms with Crippen LogP contribution in [0.2, 0.25) is 5.02 Å². The highest BCUT2D eigenvalue weighted by atomic mass is 35.5. The molecule has 0 saturated carbocycles. The Balaban J connectivity index is 2.05. The Morgan fingerprint density at radius 2 is 2.12 bits per heavy atom. The molecule has 2 rings (SSSR count). The maximum absolute atomic E-state index is 9.30. The third kappa shape index (κ3) is 3.11. The van der Waals surface area contributed by atoms with Crippen LogP contribution in [0.1, 0.15) is 11.1 Å². The van der Waals surface area contributed by atoms with Crippen molar-refractivity contribution >= 4 is 17.3 Å². The summed E-state index contributed by atoms with van der Waals surface area (Å²) in [5.74, 6) is 0.104. The van der Waals surface area contributed by atoms with Crippen LogP contribution in [0.4, 0.5) is 5.69 Å². The molecule has 1 aromatic carbocycles. The van der Waals surface area contributed by atoms with Gasteiger partial charge in [0.2, 0.25) is 0 Å². The molecule has 0 radical (unpaired) electrons. The van der Waals surface area contributed by atoms with Gasteiger partial charge < -0.3 is 10.4 Å². The number of rotatable bonds is 3. The molecule has 0 bridgehead atoms. The summed E-state index contributed by atoms with van der Waals surface area (Å²) in [4.78, 5) is 4.10. The molecular formula is C13H13ClN2O. The summed E-state index contributed by atoms with van der Waals surface area (Å²) in [6, 6.07) is 7.19. The first-order chi connectivity index (χ1) is 8.15. The lowest BCUT2D eigenvalue weighted by molar-refractivity contribution is 0.475. The summed E-state index contributed by atoms with van der Waals surface area (Å²) in [6.07, 6.45) is 3.58. The molecule has 0 aliphatic carbocycles. The van der Waals surface area contributed by atoms with Crippen LogP contribution in [0, 0.1) is 6.92 Å². The van der Waals surface area contributed by atoms with Crippen LogP contribution >= 0.6 is 11.6 Å². The van der Waals surface area contributed by atoms with Gasteiger partial charge in [0.1, 0.15) is 5.75 Å². The molecule has 0 unspecified atom stereocenters. The smallest absolute Gasteiger partial charge is 0.134 e. The molecule has 4 heteroatoms. The molecule has 1 aromatic heterocycles. The van der Waals surface area contributed by atoms with Crippen LogP contribution < -0.4 is 5.32 Å². The minimum atomic E-state index is 0.104. The first-order valence-corrected chi connectivity index (χ1v) is 5.66. The van der Waals surface area contributed by atoms with Gasteiger partial charge in [0.15, 0.2) is 0 Å². The van der Waals surface area contributed by atoms with E-state index < -0.39 is 0 Å². The summed E-state index contributed by atoms with van der Waals surface area (Å²) in [7, 11) is 0. The molecule has 3 nitrogen and oxygen atoms in total. The fraction of sp³-hybridized carbons (Fsp3) is 0.154. The van der Waals surface area contributed by atoms with Crippen molar-refractivity contribution in [3.63, 3.8) is 0 Å². The number of benzene rings is 1. The van der Waals surface area contributed by atoms with Gasteiger partial charge in [-0.1, -0.05) is 17.7 Å². The van der Waals surface area contributed by atoms with Crippen molar-refractivity contribution in [3.8, 4) is 5.75 Å². The zero-order valence-electron chi connectivity index (χ0n) is 9.44. The van der Waals surface area contributed by atoms with Crippen LogP contribution in [-0.2, 0) is 6.54 Å². The molecule has 0 aliphatic heterocycles. The molecule has 1 heterocycles. The SMILES string of the molecule is Cc1cncc(NCc2ccc(O)c(Cl)c2)c1. The molecule has 2 N–H and O–H groups in total. The maximum Gasteiger partial charge on any atom is 0.134 e. The van der Waals surface area contributed by atoms with Gasteiger partial charge in [-0.15, -0.1) is 0 Å². The van der Waals surface area contributed by atoms with Gasteiger partial charge in [-0.05, 0) is 36.2 Å². The van der Waals surface area contributed by atoms with E-state index in [0.717, 1.165) is 16.8 Å². The van der Waals surface area contributed by atoms with Crippen LogP contribution in [0.3, 0.4) is 0 Å². The van der Waals surface area contributed by atoms with Gasteiger partial charge >= 0.3 is 0 Å². The maximum atomic E-state index is 9.30. The molecule has 0 spiro atoms. The fourth-order valence-electron chi connectivity index (χ4n) is 1.52. The minimum absolute atomic E-state index is 0.104. The zero-order chi connectivity index (χ0) is 12.3. The Kier molecular flexibility index (Phi) is 3.49. The highest BCUT2D eigenvalue weighted by molar-refractivity contribution is 6.32. The van der Waals surface area contributed by atoms with E-state index >= 15 is 0 Å². The molecule has 0 amide bonds. The summed E-state index contributed by atoms with van der Waals surface area (Å²) in [5.41, 5.74) is 3.09. The van der Waals surface area contributed by atoms with Gasteiger partial charge in [0.05, 0.1) is 10.7 Å². The van der Waals surface area contributed by atoms with E-state index in [-0.39, 0.29) is 5.75 Å². The van der Waals surface area contributed by atoms with E-state index in [1.54, 1.807) is 18.3 Å². The number of anilines is 1. The molecule has 2 aromatic rings. The first-order valence-electron chi connectivity index (χ1n) is 5.28. The van der Waals surface area contributed by atoms with Gasteiger partial charge in [0.25, 0.3) is 0 Å². The topological polar surface area (TPSA) is 45.2 Å². The number of nitrogens with zero attached hydrogens (tertiary/aromatic N) is 1. The number of phenols is 1. The van der Waals surface area contributed by atoms with Crippen molar-refractivity contribution in [1.29, 1.82) is 0 Å². The van der Waals surface area contributed by atoms with Crippen molar-refractivity contribution in [1.82, 2.24) is 4.98 Å². The summed E-state index contributed by atoms with van der Waals surface area (Å²) >= 11 is 5.83. The number of phenolic OH excluding ortho intramolecular Hbond substituents is 1. The number of hydrogen-bond donors (Lipinski definition) is 2. The second-order valence-electron chi connectivity index (χ2n) is 3.89. The number of aryl methyl sites for hydroxylation is 1. The van der Waals surface area contributed by atoms with E-state index in [0.29, 0.717) is 11.6 Å². The molecule has 88 valence electrons. The van der Waals surface area contributed by atoms with E-state index in [1.807, 2.05) is 25.3 Å². The number of nitrogens with one attached hydrogen (secondary N) is 1. The Morgan fingerprint density at radius 1 is 1.29 bits per heavy atom. The lowest BCUT2D eigenvalue weighted by atomic mass is 10.2. The van der Waals surface area contributed by atoms with Crippen molar-refractivity contribution in [3.05, 3.63) is 52.8 Å². The van der Waals surface area contributed by atoms with E-state index in [2.05, 4.69) is 10.3 Å². The number of aromatic hydroxyl groups is 1. The van der Waals surface area contributed by atoms with E-state index in [9.17, 15) is 5.11 Å². The summed E-state index contributed by atoms with van der Waals surface area (Å²) in [5, 5.41) is 12.9. The Hall–Kier alpha value is -1.74. The highest BCUT2D eigenvalue weighted by Crippen LogP contribution is 2.24. The third-order valence-corrected chi connectivity index (χ3v) is 2.69.